The normalized spacial score (nSPS) is 46.0. The van der Waals surface area contributed by atoms with Crippen molar-refractivity contribution in [3.8, 4) is 11.5 Å². The number of hydrogen-bond donors (Lipinski definition) is 3. The van der Waals surface area contributed by atoms with Gasteiger partial charge in [0.15, 0.2) is 11.5 Å². The molecule has 5 heteroatoms. The third-order valence-electron chi connectivity index (χ3n) is 8.46. The summed E-state index contributed by atoms with van der Waals surface area (Å²) in [6.45, 7) is 4.15. The van der Waals surface area contributed by atoms with Gasteiger partial charge in [-0.05, 0) is 69.5 Å². The molecule has 0 radical (unpaired) electrons. The third kappa shape index (κ3) is 1.53. The molecule has 2 bridgehead atoms. The number of aromatic hydroxyl groups is 1. The highest BCUT2D eigenvalue weighted by Crippen LogP contribution is 2.69. The zero-order valence-corrected chi connectivity index (χ0v) is 15.4. The van der Waals surface area contributed by atoms with E-state index in [2.05, 4.69) is 11.8 Å². The molecule has 1 aromatic rings. The Morgan fingerprint density at radius 2 is 2.08 bits per heavy atom. The van der Waals surface area contributed by atoms with Gasteiger partial charge in [-0.2, -0.15) is 0 Å². The molecule has 5 atom stereocenters. The molecule has 0 amide bonds. The number of benzene rings is 1. The molecule has 6 rings (SSSR count). The van der Waals surface area contributed by atoms with Crippen molar-refractivity contribution in [2.75, 3.05) is 13.1 Å². The summed E-state index contributed by atoms with van der Waals surface area (Å²) >= 11 is 0. The van der Waals surface area contributed by atoms with Crippen molar-refractivity contribution in [1.82, 2.24) is 4.90 Å². The molecule has 1 saturated heterocycles. The predicted octanol–water partition coefficient (Wildman–Crippen LogP) is 1.67. The molecular formula is C21H28N2O3. The number of phenolic OH excluding ortho intramolecular Hbond substituents is 1. The standard InChI is InChI=1S/C21H28N2O3/c1-19-15(22)6-7-21(25)16-10-13-4-5-14(24)18(26-19)17(13)20(19,21)8-9-23(16)11-12-2-3-12/h4-5,12,15-16,24-25H,2-3,6-11,22H2,1H3/t15?,16-,19+,20+,21-/m1/s1. The lowest BCUT2D eigenvalue weighted by atomic mass is 9.44. The Morgan fingerprint density at radius 1 is 1.27 bits per heavy atom. The van der Waals surface area contributed by atoms with Gasteiger partial charge in [0.25, 0.3) is 0 Å². The number of aliphatic hydroxyl groups is 1. The maximum absolute atomic E-state index is 12.2. The van der Waals surface area contributed by atoms with E-state index in [9.17, 15) is 10.2 Å². The highest BCUT2D eigenvalue weighted by molar-refractivity contribution is 5.64. The Bertz CT molecular complexity index is 809. The van der Waals surface area contributed by atoms with Gasteiger partial charge >= 0.3 is 0 Å². The summed E-state index contributed by atoms with van der Waals surface area (Å²) in [7, 11) is 0. The second kappa shape index (κ2) is 4.57. The van der Waals surface area contributed by atoms with Gasteiger partial charge in [0.2, 0.25) is 0 Å². The number of nitrogens with two attached hydrogens (primary N) is 1. The third-order valence-corrected chi connectivity index (χ3v) is 8.46. The van der Waals surface area contributed by atoms with Crippen LogP contribution in [0.15, 0.2) is 12.1 Å². The monoisotopic (exact) mass is 356 g/mol. The first-order valence-corrected chi connectivity index (χ1v) is 10.2. The second-order valence-corrected chi connectivity index (χ2v) is 9.54. The van der Waals surface area contributed by atoms with Gasteiger partial charge in [0.05, 0.1) is 11.0 Å². The second-order valence-electron chi connectivity index (χ2n) is 9.54. The summed E-state index contributed by atoms with van der Waals surface area (Å²) in [5, 5.41) is 22.7. The number of phenols is 1. The van der Waals surface area contributed by atoms with Gasteiger partial charge < -0.3 is 20.7 Å². The number of ether oxygens (including phenoxy) is 1. The highest BCUT2D eigenvalue weighted by atomic mass is 16.5. The summed E-state index contributed by atoms with van der Waals surface area (Å²) < 4.78 is 6.45. The Morgan fingerprint density at radius 3 is 2.85 bits per heavy atom. The molecule has 26 heavy (non-hydrogen) atoms. The van der Waals surface area contributed by atoms with Crippen LogP contribution < -0.4 is 10.5 Å². The van der Waals surface area contributed by atoms with Crippen molar-refractivity contribution < 1.29 is 14.9 Å². The van der Waals surface area contributed by atoms with Crippen molar-refractivity contribution in [1.29, 1.82) is 0 Å². The van der Waals surface area contributed by atoms with Crippen LogP contribution in [0.2, 0.25) is 0 Å². The topological polar surface area (TPSA) is 79.0 Å². The lowest BCUT2D eigenvalue weighted by molar-refractivity contribution is -0.216. The smallest absolute Gasteiger partial charge is 0.166 e. The molecule has 4 N–H and O–H groups in total. The van der Waals surface area contributed by atoms with Crippen LogP contribution in [0, 0.1) is 5.92 Å². The van der Waals surface area contributed by atoms with E-state index < -0.39 is 16.6 Å². The van der Waals surface area contributed by atoms with Gasteiger partial charge in [-0.25, -0.2) is 0 Å². The molecule has 3 fully saturated rings. The van der Waals surface area contributed by atoms with Crippen LogP contribution in [0.3, 0.4) is 0 Å². The minimum Gasteiger partial charge on any atom is -0.504 e. The fraction of sp³-hybridized carbons (Fsp3) is 0.714. The van der Waals surface area contributed by atoms with E-state index in [1.54, 1.807) is 6.07 Å². The summed E-state index contributed by atoms with van der Waals surface area (Å²) in [5.41, 5.74) is 6.87. The average Bonchev–Trinajstić information content (AvgIpc) is 3.36. The summed E-state index contributed by atoms with van der Waals surface area (Å²) in [6, 6.07) is 3.77. The fourth-order valence-corrected chi connectivity index (χ4v) is 6.97. The van der Waals surface area contributed by atoms with Crippen LogP contribution in [0.1, 0.15) is 50.2 Å². The molecule has 2 heterocycles. The molecular weight excluding hydrogens is 328 g/mol. The first kappa shape index (κ1) is 15.7. The van der Waals surface area contributed by atoms with Crippen molar-refractivity contribution in [2.45, 2.75) is 74.1 Å². The predicted molar refractivity (Wildman–Crippen MR) is 97.4 cm³/mol. The molecule has 1 unspecified atom stereocenters. The largest absolute Gasteiger partial charge is 0.504 e. The van der Waals surface area contributed by atoms with Crippen LogP contribution in [0.25, 0.3) is 0 Å². The van der Waals surface area contributed by atoms with E-state index in [1.807, 2.05) is 6.07 Å². The minimum atomic E-state index is -0.837. The lowest BCUT2D eigenvalue weighted by Gasteiger charge is -2.67. The van der Waals surface area contributed by atoms with E-state index in [0.29, 0.717) is 12.2 Å². The SMILES string of the molecule is C[C@@]12Oc3c(O)ccc4c3[C@@]13CCN(CC1CC1)[C@H](C4)[C@]3(O)CCC2N. The zero-order valence-electron chi connectivity index (χ0n) is 15.4. The highest BCUT2D eigenvalue weighted by Gasteiger charge is 2.77. The molecule has 2 saturated carbocycles. The van der Waals surface area contributed by atoms with Gasteiger partial charge in [-0.3, -0.25) is 4.90 Å². The minimum absolute atomic E-state index is 0.121. The van der Waals surface area contributed by atoms with Crippen molar-refractivity contribution in [3.63, 3.8) is 0 Å². The quantitative estimate of drug-likeness (QED) is 0.751. The number of nitrogens with zero attached hydrogens (tertiary/aromatic N) is 1. The molecule has 140 valence electrons. The first-order valence-electron chi connectivity index (χ1n) is 10.2. The van der Waals surface area contributed by atoms with E-state index in [4.69, 9.17) is 10.5 Å². The Kier molecular flexibility index (Phi) is 2.76. The number of likely N-dealkylation sites (tertiary alicyclic amines) is 1. The Balaban J connectivity index is 1.60. The Hall–Kier alpha value is -1.30. The maximum Gasteiger partial charge on any atom is 0.166 e. The van der Waals surface area contributed by atoms with Crippen LogP contribution in [-0.2, 0) is 11.8 Å². The van der Waals surface area contributed by atoms with Gasteiger partial charge in [0, 0.05) is 24.2 Å². The van der Waals surface area contributed by atoms with Crippen molar-refractivity contribution in [3.05, 3.63) is 23.3 Å². The van der Waals surface area contributed by atoms with Crippen LogP contribution in [-0.4, -0.2) is 51.5 Å². The molecule has 1 spiro atoms. The summed E-state index contributed by atoms with van der Waals surface area (Å²) in [6.07, 6.45) is 5.81. The summed E-state index contributed by atoms with van der Waals surface area (Å²) in [5.74, 6) is 1.57. The van der Waals surface area contributed by atoms with Crippen LogP contribution >= 0.6 is 0 Å². The van der Waals surface area contributed by atoms with Crippen LogP contribution in [0.5, 0.6) is 11.5 Å². The van der Waals surface area contributed by atoms with Crippen molar-refractivity contribution >= 4 is 0 Å². The lowest BCUT2D eigenvalue weighted by Crippen LogP contribution is -2.81. The van der Waals surface area contributed by atoms with E-state index in [-0.39, 0.29) is 17.8 Å². The molecule has 3 aliphatic carbocycles. The van der Waals surface area contributed by atoms with Gasteiger partial charge in [-0.15, -0.1) is 0 Å². The van der Waals surface area contributed by atoms with E-state index >= 15 is 0 Å². The number of hydrogen-bond acceptors (Lipinski definition) is 5. The van der Waals surface area contributed by atoms with Gasteiger partial charge in [0.1, 0.15) is 5.60 Å². The zero-order chi connectivity index (χ0) is 17.9. The molecule has 5 aliphatic rings. The number of rotatable bonds is 2. The van der Waals surface area contributed by atoms with Crippen LogP contribution in [0.4, 0.5) is 0 Å². The summed E-state index contributed by atoms with van der Waals surface area (Å²) in [4.78, 5) is 2.55. The fourth-order valence-electron chi connectivity index (χ4n) is 6.97. The molecule has 5 nitrogen and oxygen atoms in total. The van der Waals surface area contributed by atoms with Crippen molar-refractivity contribution in [2.24, 2.45) is 11.7 Å². The van der Waals surface area contributed by atoms with Gasteiger partial charge in [-0.1, -0.05) is 6.07 Å². The maximum atomic E-state index is 12.2. The number of piperidine rings is 1. The van der Waals surface area contributed by atoms with E-state index in [0.717, 1.165) is 43.8 Å². The Labute approximate surface area is 154 Å². The molecule has 1 aromatic carbocycles. The average molecular weight is 356 g/mol. The van der Waals surface area contributed by atoms with E-state index in [1.165, 1.54) is 18.4 Å². The first-order chi connectivity index (χ1) is 12.4. The molecule has 0 aromatic heterocycles. The molecule has 2 aliphatic heterocycles.